The van der Waals surface area contributed by atoms with Gasteiger partial charge in [-0.05, 0) is 6.07 Å². The third-order valence-corrected chi connectivity index (χ3v) is 1.06. The van der Waals surface area contributed by atoms with Crippen molar-refractivity contribution in [3.05, 3.63) is 18.3 Å². The average Bonchev–Trinajstić information content (AvgIpc) is 2.04. The molecule has 1 aromatic heterocycles. The van der Waals surface area contributed by atoms with Crippen LogP contribution in [-0.2, 0) is 0 Å². The third kappa shape index (κ3) is 2.43. The van der Waals surface area contributed by atoms with Gasteiger partial charge in [-0.1, -0.05) is 0 Å². The van der Waals surface area contributed by atoms with Crippen molar-refractivity contribution in [1.29, 1.82) is 0 Å². The Morgan fingerprint density at radius 1 is 1.45 bits per heavy atom. The molecule has 0 saturated heterocycles. The second kappa shape index (κ2) is 3.78. The second-order valence-electron chi connectivity index (χ2n) is 1.93. The Labute approximate surface area is 64.1 Å². The van der Waals surface area contributed by atoms with E-state index < -0.39 is 0 Å². The Morgan fingerprint density at radius 2 is 2.27 bits per heavy atom. The minimum absolute atomic E-state index is 0.0391. The van der Waals surface area contributed by atoms with Gasteiger partial charge >= 0.3 is 0 Å². The molecule has 1 rings (SSSR count). The molecule has 11 heavy (non-hydrogen) atoms. The number of nitrogens with zero attached hydrogens (tertiary/aromatic N) is 1. The highest BCUT2D eigenvalue weighted by Gasteiger charge is 1.93. The first kappa shape index (κ1) is 7.81. The first-order valence-corrected chi connectivity index (χ1v) is 3.21. The van der Waals surface area contributed by atoms with Crippen LogP contribution >= 0.6 is 0 Å². The van der Waals surface area contributed by atoms with Gasteiger partial charge in [0.2, 0.25) is 5.88 Å². The van der Waals surface area contributed by atoms with Crippen LogP contribution in [0, 0.1) is 0 Å². The molecule has 0 aliphatic carbocycles. The second-order valence-corrected chi connectivity index (χ2v) is 1.93. The number of aliphatic hydroxyl groups excluding tert-OH is 1. The van der Waals surface area contributed by atoms with Gasteiger partial charge in [-0.2, -0.15) is 0 Å². The van der Waals surface area contributed by atoms with Crippen molar-refractivity contribution in [1.82, 2.24) is 4.98 Å². The molecule has 0 amide bonds. The molecule has 60 valence electrons. The van der Waals surface area contributed by atoms with E-state index in [1.807, 2.05) is 0 Å². The minimum Gasteiger partial charge on any atom is -0.506 e. The first-order valence-electron chi connectivity index (χ1n) is 3.21. The van der Waals surface area contributed by atoms with Gasteiger partial charge in [0.15, 0.2) is 0 Å². The zero-order valence-electron chi connectivity index (χ0n) is 5.90. The van der Waals surface area contributed by atoms with Gasteiger partial charge in [0.05, 0.1) is 12.8 Å². The summed E-state index contributed by atoms with van der Waals surface area (Å²) in [5.74, 6) is 0.498. The van der Waals surface area contributed by atoms with E-state index >= 15 is 0 Å². The highest BCUT2D eigenvalue weighted by atomic mass is 16.5. The van der Waals surface area contributed by atoms with Crippen molar-refractivity contribution in [2.24, 2.45) is 0 Å². The molecule has 1 aromatic rings. The summed E-state index contributed by atoms with van der Waals surface area (Å²) >= 11 is 0. The molecule has 0 radical (unpaired) electrons. The lowest BCUT2D eigenvalue weighted by molar-refractivity contribution is 0.196. The molecule has 0 saturated carbocycles. The van der Waals surface area contributed by atoms with E-state index in [9.17, 15) is 0 Å². The van der Waals surface area contributed by atoms with Crippen molar-refractivity contribution in [3.63, 3.8) is 0 Å². The fourth-order valence-corrected chi connectivity index (χ4v) is 0.608. The lowest BCUT2D eigenvalue weighted by Gasteiger charge is -2.01. The van der Waals surface area contributed by atoms with E-state index in [0.717, 1.165) is 0 Å². The van der Waals surface area contributed by atoms with Gasteiger partial charge in [0.1, 0.15) is 12.4 Å². The van der Waals surface area contributed by atoms with Crippen LogP contribution in [0.5, 0.6) is 11.6 Å². The van der Waals surface area contributed by atoms with Crippen molar-refractivity contribution in [2.75, 3.05) is 13.2 Å². The molecule has 0 fully saturated rings. The van der Waals surface area contributed by atoms with Crippen LogP contribution in [0.25, 0.3) is 0 Å². The van der Waals surface area contributed by atoms with Crippen LogP contribution in [0.3, 0.4) is 0 Å². The lowest BCUT2D eigenvalue weighted by atomic mass is 10.4. The van der Waals surface area contributed by atoms with Crippen molar-refractivity contribution >= 4 is 0 Å². The maximum atomic E-state index is 8.81. The highest BCUT2D eigenvalue weighted by Crippen LogP contribution is 2.10. The summed E-state index contributed by atoms with van der Waals surface area (Å²) in [6, 6.07) is 3.00. The Morgan fingerprint density at radius 3 is 2.82 bits per heavy atom. The zero-order valence-corrected chi connectivity index (χ0v) is 5.90. The van der Waals surface area contributed by atoms with Gasteiger partial charge in [0.25, 0.3) is 0 Å². The number of aromatic nitrogens is 1. The number of pyridine rings is 1. The molecule has 0 aromatic carbocycles. The summed E-state index contributed by atoms with van der Waals surface area (Å²) in [5.41, 5.74) is 0. The number of hydrogen-bond donors (Lipinski definition) is 2. The Bertz CT molecular complexity index is 209. The molecule has 4 nitrogen and oxygen atoms in total. The van der Waals surface area contributed by atoms with Crippen LogP contribution in [0.1, 0.15) is 0 Å². The van der Waals surface area contributed by atoms with Gasteiger partial charge in [-0.15, -0.1) is 0 Å². The largest absolute Gasteiger partial charge is 0.506 e. The molecule has 4 heteroatoms. The van der Waals surface area contributed by atoms with Gasteiger partial charge in [-0.3, -0.25) is 0 Å². The molecule has 0 unspecified atom stereocenters. The smallest absolute Gasteiger partial charge is 0.213 e. The van der Waals surface area contributed by atoms with Gasteiger partial charge in [-0.25, -0.2) is 4.98 Å². The van der Waals surface area contributed by atoms with E-state index in [-0.39, 0.29) is 19.0 Å². The summed E-state index contributed by atoms with van der Waals surface area (Å²) in [4.78, 5) is 3.73. The van der Waals surface area contributed by atoms with Gasteiger partial charge in [0, 0.05) is 6.07 Å². The number of aromatic hydroxyl groups is 1. The normalized spacial score (nSPS) is 9.55. The van der Waals surface area contributed by atoms with E-state index in [1.165, 1.54) is 18.3 Å². The summed E-state index contributed by atoms with van der Waals surface area (Å²) in [5, 5.41) is 17.2. The summed E-state index contributed by atoms with van der Waals surface area (Å²) < 4.78 is 4.94. The van der Waals surface area contributed by atoms with Crippen LogP contribution in [0.4, 0.5) is 0 Å². The molecule has 0 aliphatic heterocycles. The van der Waals surface area contributed by atoms with Crippen LogP contribution in [0.15, 0.2) is 18.3 Å². The van der Waals surface area contributed by atoms with Gasteiger partial charge < -0.3 is 14.9 Å². The predicted octanol–water partition coefficient (Wildman–Crippen LogP) is 0.158. The number of aliphatic hydroxyl groups is 1. The Kier molecular flexibility index (Phi) is 2.68. The molecule has 0 aliphatic rings. The number of hydrogen-bond acceptors (Lipinski definition) is 4. The van der Waals surface area contributed by atoms with E-state index in [2.05, 4.69) is 4.98 Å². The summed E-state index contributed by atoms with van der Waals surface area (Å²) in [6.07, 6.45) is 1.28. The number of rotatable bonds is 3. The third-order valence-electron chi connectivity index (χ3n) is 1.06. The van der Waals surface area contributed by atoms with E-state index in [1.54, 1.807) is 0 Å². The number of ether oxygens (including phenoxy) is 1. The highest BCUT2D eigenvalue weighted by molar-refractivity contribution is 5.20. The summed E-state index contributed by atoms with van der Waals surface area (Å²) in [6.45, 7) is 0.181. The molecule has 2 N–H and O–H groups in total. The molecule has 0 spiro atoms. The maximum Gasteiger partial charge on any atom is 0.213 e. The quantitative estimate of drug-likeness (QED) is 0.652. The first-order chi connectivity index (χ1) is 5.33. The molecule has 0 atom stereocenters. The van der Waals surface area contributed by atoms with Crippen LogP contribution in [0.2, 0.25) is 0 Å². The fourth-order valence-electron chi connectivity index (χ4n) is 0.608. The molecular formula is C7H9NO3. The van der Waals surface area contributed by atoms with Crippen LogP contribution in [-0.4, -0.2) is 28.4 Å². The lowest BCUT2D eigenvalue weighted by Crippen LogP contribution is -2.02. The monoisotopic (exact) mass is 155 g/mol. The van der Waals surface area contributed by atoms with Crippen molar-refractivity contribution < 1.29 is 14.9 Å². The predicted molar refractivity (Wildman–Crippen MR) is 38.5 cm³/mol. The molecular weight excluding hydrogens is 146 g/mol. The van der Waals surface area contributed by atoms with Crippen molar-refractivity contribution in [2.45, 2.75) is 0 Å². The Balaban J connectivity index is 2.52. The topological polar surface area (TPSA) is 62.6 Å². The van der Waals surface area contributed by atoms with Crippen LogP contribution < -0.4 is 4.74 Å². The minimum atomic E-state index is -0.0391. The maximum absolute atomic E-state index is 8.81. The average molecular weight is 155 g/mol. The fraction of sp³-hybridized carbons (Fsp3) is 0.286. The Hall–Kier alpha value is -1.29. The van der Waals surface area contributed by atoms with E-state index in [4.69, 9.17) is 14.9 Å². The zero-order chi connectivity index (χ0) is 8.10. The molecule has 0 bridgehead atoms. The van der Waals surface area contributed by atoms with E-state index in [0.29, 0.717) is 5.88 Å². The molecule has 1 heterocycles. The van der Waals surface area contributed by atoms with Crippen molar-refractivity contribution in [3.8, 4) is 11.6 Å². The standard InChI is InChI=1S/C7H9NO3/c9-3-4-11-7-2-1-6(10)5-8-7/h1-2,5,9-10H,3-4H2. The summed E-state index contributed by atoms with van der Waals surface area (Å²) in [7, 11) is 0. The SMILES string of the molecule is OCCOc1ccc(O)cn1.